The van der Waals surface area contributed by atoms with E-state index in [9.17, 15) is 0 Å². The van der Waals surface area contributed by atoms with Gasteiger partial charge in [0.15, 0.2) is 0 Å². The maximum absolute atomic E-state index is 2.43. The van der Waals surface area contributed by atoms with Gasteiger partial charge in [-0.15, -0.1) is 0 Å². The molecule has 0 aliphatic heterocycles. The van der Waals surface area contributed by atoms with E-state index in [0.29, 0.717) is 0 Å². The third kappa shape index (κ3) is 6.81. The van der Waals surface area contributed by atoms with E-state index in [1.54, 1.807) is 0 Å². The second-order valence-corrected chi connectivity index (χ2v) is 9.29. The van der Waals surface area contributed by atoms with E-state index < -0.39 is 8.07 Å². The topological polar surface area (TPSA) is 0 Å². The summed E-state index contributed by atoms with van der Waals surface area (Å²) in [4.78, 5) is 0. The van der Waals surface area contributed by atoms with Crippen LogP contribution in [-0.4, -0.2) is 25.8 Å². The molecule has 0 aliphatic carbocycles. The van der Waals surface area contributed by atoms with E-state index in [2.05, 4.69) is 37.4 Å². The van der Waals surface area contributed by atoms with Crippen LogP contribution in [-0.2, 0) is 0 Å². The normalized spacial score (nSPS) is 12.1. The van der Waals surface area contributed by atoms with Gasteiger partial charge in [0.1, 0.15) is 0 Å². The van der Waals surface area contributed by atoms with Crippen molar-refractivity contribution in [1.82, 2.24) is 0 Å². The Kier molecular flexibility index (Phi) is 4.15. The fourth-order valence-corrected chi connectivity index (χ4v) is 2.12. The van der Waals surface area contributed by atoms with Crippen molar-refractivity contribution in [1.29, 1.82) is 0 Å². The number of hydrogen-bond acceptors (Lipinski definition) is 0. The van der Waals surface area contributed by atoms with Crippen molar-refractivity contribution in [3.8, 4) is 0 Å². The van der Waals surface area contributed by atoms with Crippen LogP contribution in [0.5, 0.6) is 0 Å². The van der Waals surface area contributed by atoms with Crippen LogP contribution < -0.4 is 0 Å². The first-order chi connectivity index (χ1) is 3.56. The standard InChI is InChI=1S/C6H15Si.Li/c1-5-6-7(2,3)4;/h1,5-6H2,2-4H3;. The minimum atomic E-state index is -0.678. The molecule has 0 amide bonds. The van der Waals surface area contributed by atoms with Crippen molar-refractivity contribution in [3.05, 3.63) is 0 Å². The first-order valence-electron chi connectivity index (χ1n) is 3.56. The van der Waals surface area contributed by atoms with Gasteiger partial charge in [-0.1, -0.05) is 0 Å². The molecule has 0 fully saturated rings. The Bertz CT molecular complexity index is 56.0. The summed E-state index contributed by atoms with van der Waals surface area (Å²) in [7, 11) is -0.678. The van der Waals surface area contributed by atoms with Crippen LogP contribution in [0.4, 0.5) is 0 Å². The summed E-state index contributed by atoms with van der Waals surface area (Å²) in [6.07, 6.45) is 1.44. The molecule has 0 aromatic carbocycles. The Morgan fingerprint density at radius 1 is 1.25 bits per heavy atom. The average molecular weight is 122 g/mol. The molecule has 0 saturated heterocycles. The van der Waals surface area contributed by atoms with E-state index in [4.69, 9.17) is 0 Å². The van der Waals surface area contributed by atoms with Crippen molar-refractivity contribution in [2.24, 2.45) is 0 Å². The molecule has 0 bridgehead atoms. The van der Waals surface area contributed by atoms with E-state index in [1.165, 1.54) is 17.6 Å². The molecule has 0 aromatic rings. The Labute approximate surface area is 63.3 Å². The fourth-order valence-electron chi connectivity index (χ4n) is 0.707. The van der Waals surface area contributed by atoms with Gasteiger partial charge in [-0.05, 0) is 0 Å². The van der Waals surface area contributed by atoms with Crippen LogP contribution in [0, 0.1) is 0 Å². The molecule has 0 rings (SSSR count). The summed E-state index contributed by atoms with van der Waals surface area (Å²) < 4.78 is 0. The molecule has 0 saturated carbocycles. The molecule has 0 heterocycles. The molecule has 0 N–H and O–H groups in total. The minimum absolute atomic E-state index is 0.678. The summed E-state index contributed by atoms with van der Waals surface area (Å²) in [6.45, 7) is 7.30. The molecule has 0 atom stereocenters. The average Bonchev–Trinajstić information content (AvgIpc) is 1.59. The zero-order valence-corrected chi connectivity index (χ0v) is 7.62. The van der Waals surface area contributed by atoms with E-state index in [-0.39, 0.29) is 0 Å². The summed E-state index contributed by atoms with van der Waals surface area (Å²) in [5, 5.41) is 1.37. The molecule has 0 radical (unpaired) electrons. The molecule has 8 heavy (non-hydrogen) atoms. The molecule has 0 unspecified atom stereocenters. The SMILES string of the molecule is [Li][CH2]CC[Si](C)(C)C. The summed E-state index contributed by atoms with van der Waals surface area (Å²) in [6, 6.07) is 1.50. The Morgan fingerprint density at radius 2 is 1.75 bits per heavy atom. The van der Waals surface area contributed by atoms with Crippen LogP contribution in [0.3, 0.4) is 0 Å². The van der Waals surface area contributed by atoms with Gasteiger partial charge >= 0.3 is 63.0 Å². The van der Waals surface area contributed by atoms with Gasteiger partial charge in [0.05, 0.1) is 0 Å². The van der Waals surface area contributed by atoms with Gasteiger partial charge in [-0.3, -0.25) is 0 Å². The van der Waals surface area contributed by atoms with Crippen molar-refractivity contribution in [2.75, 3.05) is 0 Å². The molecule has 0 nitrogen and oxygen atoms in total. The molecular formula is C6H15LiSi. The van der Waals surface area contributed by atoms with Crippen LogP contribution in [0.1, 0.15) is 6.42 Å². The van der Waals surface area contributed by atoms with Crippen LogP contribution in [0.15, 0.2) is 0 Å². The first kappa shape index (κ1) is 8.81. The van der Waals surface area contributed by atoms with E-state index >= 15 is 0 Å². The summed E-state index contributed by atoms with van der Waals surface area (Å²) in [5.74, 6) is 0. The zero-order chi connectivity index (χ0) is 6.62. The quantitative estimate of drug-likeness (QED) is 0.504. The van der Waals surface area contributed by atoms with Gasteiger partial charge in [0.25, 0.3) is 0 Å². The van der Waals surface area contributed by atoms with Gasteiger partial charge < -0.3 is 0 Å². The third-order valence-electron chi connectivity index (χ3n) is 1.28. The molecular weight excluding hydrogens is 107 g/mol. The zero-order valence-electron chi connectivity index (χ0n) is 6.62. The number of hydrogen-bond donors (Lipinski definition) is 0. The van der Waals surface area contributed by atoms with Gasteiger partial charge in [-0.25, -0.2) is 0 Å². The molecule has 44 valence electrons. The van der Waals surface area contributed by atoms with Crippen molar-refractivity contribution in [2.45, 2.75) is 37.2 Å². The Morgan fingerprint density at radius 3 is 1.88 bits per heavy atom. The fraction of sp³-hybridized carbons (Fsp3) is 1.00. The third-order valence-corrected chi connectivity index (χ3v) is 3.13. The number of rotatable bonds is 3. The first-order valence-corrected chi connectivity index (χ1v) is 7.27. The van der Waals surface area contributed by atoms with Crippen LogP contribution >= 0.6 is 0 Å². The molecule has 0 spiro atoms. The molecule has 0 aliphatic rings. The van der Waals surface area contributed by atoms with Crippen molar-refractivity contribution >= 4 is 25.8 Å². The summed E-state index contributed by atoms with van der Waals surface area (Å²) in [5.41, 5.74) is 0. The molecule has 2 heteroatoms. The van der Waals surface area contributed by atoms with E-state index in [0.717, 1.165) is 0 Å². The van der Waals surface area contributed by atoms with Gasteiger partial charge in [-0.2, -0.15) is 0 Å². The Balaban J connectivity index is 3.11. The molecule has 0 aromatic heterocycles. The maximum atomic E-state index is 2.43. The van der Waals surface area contributed by atoms with E-state index in [1.807, 2.05) is 0 Å². The van der Waals surface area contributed by atoms with Gasteiger partial charge in [0.2, 0.25) is 0 Å². The predicted molar refractivity (Wildman–Crippen MR) is 43.3 cm³/mol. The van der Waals surface area contributed by atoms with Crippen LogP contribution in [0.2, 0.25) is 30.8 Å². The predicted octanol–water partition coefficient (Wildman–Crippen LogP) is 2.30. The second kappa shape index (κ2) is 3.77. The Hall–Kier alpha value is 0.814. The van der Waals surface area contributed by atoms with Crippen LogP contribution in [0.25, 0.3) is 0 Å². The van der Waals surface area contributed by atoms with Gasteiger partial charge in [0, 0.05) is 0 Å². The van der Waals surface area contributed by atoms with Crippen molar-refractivity contribution in [3.63, 3.8) is 0 Å². The second-order valence-electron chi connectivity index (χ2n) is 3.66. The monoisotopic (exact) mass is 122 g/mol. The van der Waals surface area contributed by atoms with Crippen molar-refractivity contribution < 1.29 is 0 Å². The summed E-state index contributed by atoms with van der Waals surface area (Å²) >= 11 is 2.26.